The first kappa shape index (κ1) is 15.2. The third-order valence-corrected chi connectivity index (χ3v) is 6.31. The van der Waals surface area contributed by atoms with Crippen LogP contribution < -0.4 is 4.72 Å². The van der Waals surface area contributed by atoms with Gasteiger partial charge in [-0.1, -0.05) is 6.92 Å². The maximum Gasteiger partial charge on any atom is 0.217 e. The molecule has 0 amide bonds. The van der Waals surface area contributed by atoms with Gasteiger partial charge in [0.1, 0.15) is 5.25 Å². The van der Waals surface area contributed by atoms with E-state index in [1.165, 1.54) is 6.42 Å². The van der Waals surface area contributed by atoms with Crippen LogP contribution in [-0.4, -0.2) is 57.5 Å². The van der Waals surface area contributed by atoms with Gasteiger partial charge < -0.3 is 9.64 Å². The van der Waals surface area contributed by atoms with E-state index in [-0.39, 0.29) is 11.4 Å². The molecule has 112 valence electrons. The lowest BCUT2D eigenvalue weighted by atomic mass is 9.98. The molecule has 2 fully saturated rings. The second-order valence-corrected chi connectivity index (χ2v) is 7.68. The number of hydrogen-bond donors (Lipinski definition) is 1. The molecule has 3 atom stereocenters. The van der Waals surface area contributed by atoms with E-state index in [9.17, 15) is 8.42 Å². The minimum atomic E-state index is -3.23. The van der Waals surface area contributed by atoms with Crippen LogP contribution in [0.4, 0.5) is 0 Å². The van der Waals surface area contributed by atoms with Crippen LogP contribution in [0, 0.1) is 5.92 Å². The summed E-state index contributed by atoms with van der Waals surface area (Å²) in [7, 11) is -3.23. The molecule has 0 aromatic rings. The summed E-state index contributed by atoms with van der Waals surface area (Å²) < 4.78 is 32.6. The second kappa shape index (κ2) is 6.52. The van der Waals surface area contributed by atoms with Crippen LogP contribution in [0.25, 0.3) is 0 Å². The predicted molar refractivity (Wildman–Crippen MR) is 75.6 cm³/mol. The normalized spacial score (nSPS) is 33.7. The van der Waals surface area contributed by atoms with Crippen molar-refractivity contribution in [2.45, 2.75) is 44.5 Å². The van der Waals surface area contributed by atoms with E-state index in [2.05, 4.69) is 16.5 Å². The quantitative estimate of drug-likeness (QED) is 0.814. The van der Waals surface area contributed by atoms with Gasteiger partial charge >= 0.3 is 0 Å². The first-order chi connectivity index (χ1) is 9.03. The number of rotatable bonds is 5. The molecule has 5 nitrogen and oxygen atoms in total. The van der Waals surface area contributed by atoms with Gasteiger partial charge in [-0.3, -0.25) is 0 Å². The van der Waals surface area contributed by atoms with E-state index in [0.29, 0.717) is 25.5 Å². The highest BCUT2D eigenvalue weighted by Crippen LogP contribution is 2.21. The summed E-state index contributed by atoms with van der Waals surface area (Å²) in [5, 5.41) is -0.377. The van der Waals surface area contributed by atoms with Crippen LogP contribution in [-0.2, 0) is 14.8 Å². The van der Waals surface area contributed by atoms with E-state index in [0.717, 1.165) is 26.1 Å². The Bertz CT molecular complexity index is 385. The average molecular weight is 290 g/mol. The molecule has 0 aromatic carbocycles. The summed E-state index contributed by atoms with van der Waals surface area (Å²) in [5.41, 5.74) is 0. The van der Waals surface area contributed by atoms with Crippen LogP contribution in [0.2, 0.25) is 0 Å². The molecule has 0 bridgehead atoms. The molecule has 6 heteroatoms. The van der Waals surface area contributed by atoms with Gasteiger partial charge in [-0.2, -0.15) is 0 Å². The van der Waals surface area contributed by atoms with E-state index < -0.39 is 10.0 Å². The van der Waals surface area contributed by atoms with E-state index in [1.807, 2.05) is 6.92 Å². The van der Waals surface area contributed by atoms with Crippen molar-refractivity contribution in [3.05, 3.63) is 0 Å². The number of sulfonamides is 1. The van der Waals surface area contributed by atoms with Gasteiger partial charge in [0, 0.05) is 19.7 Å². The summed E-state index contributed by atoms with van der Waals surface area (Å²) in [6.07, 6.45) is 2.72. The van der Waals surface area contributed by atoms with Crippen molar-refractivity contribution in [2.75, 3.05) is 32.8 Å². The monoisotopic (exact) mass is 290 g/mol. The number of piperidine rings is 1. The molecule has 19 heavy (non-hydrogen) atoms. The Morgan fingerprint density at radius 1 is 1.37 bits per heavy atom. The number of likely N-dealkylation sites (tertiary alicyclic amines) is 1. The number of ether oxygens (including phenoxy) is 1. The maximum absolute atomic E-state index is 12.2. The highest BCUT2D eigenvalue weighted by molar-refractivity contribution is 7.90. The molecular formula is C13H26N2O3S. The van der Waals surface area contributed by atoms with Crippen LogP contribution in [0.3, 0.4) is 0 Å². The maximum atomic E-state index is 12.2. The zero-order chi connectivity index (χ0) is 13.9. The summed E-state index contributed by atoms with van der Waals surface area (Å²) in [4.78, 5) is 2.39. The van der Waals surface area contributed by atoms with Crippen molar-refractivity contribution in [3.8, 4) is 0 Å². The lowest BCUT2D eigenvalue weighted by Crippen LogP contribution is -2.44. The minimum Gasteiger partial charge on any atom is -0.377 e. The van der Waals surface area contributed by atoms with E-state index in [1.54, 1.807) is 0 Å². The first-order valence-corrected chi connectivity index (χ1v) is 8.90. The van der Waals surface area contributed by atoms with Crippen molar-refractivity contribution in [3.63, 3.8) is 0 Å². The van der Waals surface area contributed by atoms with Crippen molar-refractivity contribution in [1.82, 2.24) is 9.62 Å². The lowest BCUT2D eigenvalue weighted by Gasteiger charge is -2.32. The molecule has 2 aliphatic heterocycles. The van der Waals surface area contributed by atoms with Crippen LogP contribution in [0.15, 0.2) is 0 Å². The molecule has 2 heterocycles. The summed E-state index contributed by atoms with van der Waals surface area (Å²) >= 11 is 0. The summed E-state index contributed by atoms with van der Waals surface area (Å²) in [6.45, 7) is 8.34. The fraction of sp³-hybridized carbons (Fsp3) is 1.00. The van der Waals surface area contributed by atoms with Gasteiger partial charge in [0.15, 0.2) is 0 Å². The minimum absolute atomic E-state index is 0.184. The Morgan fingerprint density at radius 3 is 2.79 bits per heavy atom. The average Bonchev–Trinajstić information content (AvgIpc) is 2.84. The van der Waals surface area contributed by atoms with Crippen molar-refractivity contribution >= 4 is 10.0 Å². The fourth-order valence-electron chi connectivity index (χ4n) is 3.07. The fourth-order valence-corrected chi connectivity index (χ4v) is 4.74. The molecular weight excluding hydrogens is 264 g/mol. The molecule has 1 N–H and O–H groups in total. The lowest BCUT2D eigenvalue weighted by molar-refractivity contribution is 0.126. The van der Waals surface area contributed by atoms with Gasteiger partial charge in [-0.05, 0) is 45.2 Å². The number of nitrogens with one attached hydrogen (secondary N) is 1. The molecule has 0 unspecified atom stereocenters. The third kappa shape index (κ3) is 3.90. The Balaban J connectivity index is 1.84. The molecule has 2 aliphatic rings. The molecule has 2 saturated heterocycles. The van der Waals surface area contributed by atoms with Crippen molar-refractivity contribution in [2.24, 2.45) is 5.92 Å². The van der Waals surface area contributed by atoms with Crippen LogP contribution in [0.1, 0.15) is 33.1 Å². The summed E-state index contributed by atoms with van der Waals surface area (Å²) in [6, 6.07) is 0. The van der Waals surface area contributed by atoms with Gasteiger partial charge in [0.25, 0.3) is 0 Å². The largest absolute Gasteiger partial charge is 0.377 e. The van der Waals surface area contributed by atoms with Gasteiger partial charge in [-0.25, -0.2) is 13.1 Å². The smallest absolute Gasteiger partial charge is 0.217 e. The van der Waals surface area contributed by atoms with Gasteiger partial charge in [-0.15, -0.1) is 0 Å². The predicted octanol–water partition coefficient (Wildman–Crippen LogP) is 0.815. The number of nitrogens with zero attached hydrogens (tertiary/aromatic N) is 1. The van der Waals surface area contributed by atoms with E-state index >= 15 is 0 Å². The molecule has 0 saturated carbocycles. The molecule has 0 spiro atoms. The zero-order valence-electron chi connectivity index (χ0n) is 12.0. The highest BCUT2D eigenvalue weighted by atomic mass is 32.2. The first-order valence-electron chi connectivity index (χ1n) is 7.35. The Hall–Kier alpha value is -0.170. The molecule has 0 radical (unpaired) electrons. The topological polar surface area (TPSA) is 58.6 Å². The molecule has 0 aromatic heterocycles. The number of hydrogen-bond acceptors (Lipinski definition) is 4. The van der Waals surface area contributed by atoms with Crippen molar-refractivity contribution in [1.29, 1.82) is 0 Å². The summed E-state index contributed by atoms with van der Waals surface area (Å²) in [5.74, 6) is 0.445. The standard InChI is InChI=1S/C13H26N2O3S/c1-3-15-7-4-5-12(10-15)9-14-19(16,17)13-6-8-18-11(13)2/h11-14H,3-10H2,1-2H3/t11-,12-,13+/m1/s1. The Labute approximate surface area is 116 Å². The second-order valence-electron chi connectivity index (χ2n) is 5.70. The van der Waals surface area contributed by atoms with E-state index in [4.69, 9.17) is 4.74 Å². The van der Waals surface area contributed by atoms with Crippen LogP contribution in [0.5, 0.6) is 0 Å². The molecule has 0 aliphatic carbocycles. The van der Waals surface area contributed by atoms with Gasteiger partial charge in [0.05, 0.1) is 6.10 Å². The zero-order valence-corrected chi connectivity index (χ0v) is 12.8. The third-order valence-electron chi connectivity index (χ3n) is 4.33. The Kier molecular flexibility index (Phi) is 5.22. The SMILES string of the molecule is CCN1CCC[C@H](CNS(=O)(=O)[C@H]2CCO[C@@H]2C)C1. The van der Waals surface area contributed by atoms with Gasteiger partial charge in [0.2, 0.25) is 10.0 Å². The van der Waals surface area contributed by atoms with Crippen molar-refractivity contribution < 1.29 is 13.2 Å². The highest BCUT2D eigenvalue weighted by Gasteiger charge is 2.36. The Morgan fingerprint density at radius 2 is 2.16 bits per heavy atom. The van der Waals surface area contributed by atoms with Crippen LogP contribution >= 0.6 is 0 Å². The molecule has 2 rings (SSSR count).